The summed E-state index contributed by atoms with van der Waals surface area (Å²) in [5.41, 5.74) is 10.0. The summed E-state index contributed by atoms with van der Waals surface area (Å²) < 4.78 is 0. The van der Waals surface area contributed by atoms with E-state index in [1.54, 1.807) is 20.8 Å². The molecule has 0 bridgehead atoms. The van der Waals surface area contributed by atoms with Gasteiger partial charge in [0, 0.05) is 0 Å². The van der Waals surface area contributed by atoms with E-state index in [2.05, 4.69) is 5.32 Å². The van der Waals surface area contributed by atoms with Crippen molar-refractivity contribution in [1.29, 1.82) is 0 Å². The van der Waals surface area contributed by atoms with Gasteiger partial charge < -0.3 is 21.9 Å². The number of primary amides is 1. The number of rotatable bonds is 5. The Morgan fingerprint density at radius 1 is 1.29 bits per heavy atom. The fourth-order valence-corrected chi connectivity index (χ4v) is 1.06. The first-order valence-corrected chi connectivity index (χ1v) is 5.12. The maximum atomic E-state index is 11.6. The van der Waals surface area contributed by atoms with E-state index in [0.717, 1.165) is 0 Å². The Balaban J connectivity index is 4.62. The van der Waals surface area contributed by atoms with Crippen molar-refractivity contribution in [2.24, 2.45) is 16.9 Å². The molecule has 0 aromatic rings. The van der Waals surface area contributed by atoms with Gasteiger partial charge >= 0.3 is 5.97 Å². The third kappa shape index (κ3) is 5.30. The normalized spacial score (nSPS) is 14.8. The lowest BCUT2D eigenvalue weighted by Gasteiger charge is -2.27. The maximum absolute atomic E-state index is 11.6. The van der Waals surface area contributed by atoms with Crippen LogP contribution in [0, 0.1) is 5.41 Å². The predicted octanol–water partition coefficient (Wildman–Crippen LogP) is -1.20. The van der Waals surface area contributed by atoms with Gasteiger partial charge in [-0.25, -0.2) is 4.79 Å². The van der Waals surface area contributed by atoms with Crippen LogP contribution >= 0.6 is 0 Å². The minimum atomic E-state index is -1.34. The second-order valence-corrected chi connectivity index (χ2v) is 4.91. The van der Waals surface area contributed by atoms with Crippen molar-refractivity contribution in [2.45, 2.75) is 39.3 Å². The van der Waals surface area contributed by atoms with Gasteiger partial charge in [-0.2, -0.15) is 0 Å². The van der Waals surface area contributed by atoms with Crippen LogP contribution in [0.5, 0.6) is 0 Å². The number of aliphatic carboxylic acids is 1. The zero-order valence-electron chi connectivity index (χ0n) is 10.2. The summed E-state index contributed by atoms with van der Waals surface area (Å²) in [5, 5.41) is 11.0. The summed E-state index contributed by atoms with van der Waals surface area (Å²) >= 11 is 0. The number of carbonyl (C=O) groups is 3. The van der Waals surface area contributed by atoms with Gasteiger partial charge in [-0.3, -0.25) is 9.59 Å². The molecule has 0 radical (unpaired) electrons. The molecular formula is C10H19N3O4. The number of hydrogen-bond acceptors (Lipinski definition) is 4. The third-order valence-electron chi connectivity index (χ3n) is 2.24. The van der Waals surface area contributed by atoms with Gasteiger partial charge in [0.05, 0.1) is 12.5 Å². The van der Waals surface area contributed by atoms with Gasteiger partial charge in [0.25, 0.3) is 0 Å². The summed E-state index contributed by atoms with van der Waals surface area (Å²) in [5.74, 6) is -2.74. The molecule has 6 N–H and O–H groups in total. The minimum Gasteiger partial charge on any atom is -0.480 e. The first-order valence-electron chi connectivity index (χ1n) is 5.12. The van der Waals surface area contributed by atoms with E-state index in [1.807, 2.05) is 0 Å². The molecule has 2 amide bonds. The molecule has 0 unspecified atom stereocenters. The summed E-state index contributed by atoms with van der Waals surface area (Å²) in [4.78, 5) is 33.1. The highest BCUT2D eigenvalue weighted by Crippen LogP contribution is 2.17. The highest BCUT2D eigenvalue weighted by molar-refractivity contribution is 5.90. The summed E-state index contributed by atoms with van der Waals surface area (Å²) in [7, 11) is 0. The molecule has 0 aliphatic heterocycles. The number of carboxylic acids is 1. The van der Waals surface area contributed by atoms with Crippen molar-refractivity contribution >= 4 is 17.8 Å². The molecule has 0 saturated carbocycles. The van der Waals surface area contributed by atoms with Crippen LogP contribution in [0.15, 0.2) is 0 Å². The molecule has 17 heavy (non-hydrogen) atoms. The Labute approximate surface area is 99.5 Å². The number of carboxylic acid groups (broad SMARTS) is 1. The van der Waals surface area contributed by atoms with Crippen molar-refractivity contribution in [2.75, 3.05) is 0 Å². The predicted molar refractivity (Wildman–Crippen MR) is 60.8 cm³/mol. The van der Waals surface area contributed by atoms with Gasteiger partial charge in [-0.1, -0.05) is 20.8 Å². The molecule has 98 valence electrons. The van der Waals surface area contributed by atoms with Gasteiger partial charge in [0.2, 0.25) is 11.8 Å². The lowest BCUT2D eigenvalue weighted by atomic mass is 9.87. The van der Waals surface area contributed by atoms with Crippen LogP contribution in [0.1, 0.15) is 27.2 Å². The fourth-order valence-electron chi connectivity index (χ4n) is 1.06. The Bertz CT molecular complexity index is 322. The quantitative estimate of drug-likeness (QED) is 0.482. The van der Waals surface area contributed by atoms with Crippen LogP contribution in [-0.4, -0.2) is 35.0 Å². The third-order valence-corrected chi connectivity index (χ3v) is 2.24. The van der Waals surface area contributed by atoms with Crippen LogP contribution < -0.4 is 16.8 Å². The molecule has 7 heteroatoms. The molecule has 0 fully saturated rings. The summed E-state index contributed by atoms with van der Waals surface area (Å²) in [6.45, 7) is 5.25. The summed E-state index contributed by atoms with van der Waals surface area (Å²) in [6.07, 6.45) is -0.460. The number of amides is 2. The molecular weight excluding hydrogens is 226 g/mol. The molecule has 7 nitrogen and oxygen atoms in total. The molecule has 0 rings (SSSR count). The number of nitrogens with two attached hydrogens (primary N) is 2. The minimum absolute atomic E-state index is 0.460. The fraction of sp³-hybridized carbons (Fsp3) is 0.700. The van der Waals surface area contributed by atoms with Crippen LogP contribution in [0.3, 0.4) is 0 Å². The van der Waals surface area contributed by atoms with E-state index in [1.165, 1.54) is 0 Å². The molecule has 0 aromatic carbocycles. The highest BCUT2D eigenvalue weighted by Gasteiger charge is 2.31. The van der Waals surface area contributed by atoms with Gasteiger partial charge in [-0.15, -0.1) is 0 Å². The first-order chi connectivity index (χ1) is 7.55. The summed E-state index contributed by atoms with van der Waals surface area (Å²) in [6, 6.07) is -2.20. The topological polar surface area (TPSA) is 136 Å². The standard InChI is InChI=1S/C10H19N3O4/c1-10(2,3)7(12)8(15)13-5(9(16)17)4-6(11)14/h5,7H,4,12H2,1-3H3,(H2,11,14)(H,13,15)(H,16,17)/t5-,7-/m0/s1. The van der Waals surface area contributed by atoms with Crippen LogP contribution in [0.4, 0.5) is 0 Å². The van der Waals surface area contributed by atoms with Crippen molar-refractivity contribution in [3.63, 3.8) is 0 Å². The van der Waals surface area contributed by atoms with Crippen molar-refractivity contribution in [3.05, 3.63) is 0 Å². The van der Waals surface area contributed by atoms with E-state index in [-0.39, 0.29) is 0 Å². The Morgan fingerprint density at radius 2 is 1.76 bits per heavy atom. The monoisotopic (exact) mass is 245 g/mol. The second kappa shape index (κ2) is 5.62. The largest absolute Gasteiger partial charge is 0.480 e. The van der Waals surface area contributed by atoms with Gasteiger partial charge in [0.1, 0.15) is 6.04 Å². The average molecular weight is 245 g/mol. The number of nitrogens with one attached hydrogen (secondary N) is 1. The molecule has 0 saturated heterocycles. The molecule has 0 aliphatic rings. The average Bonchev–Trinajstić information content (AvgIpc) is 2.13. The Kier molecular flexibility index (Phi) is 5.09. The molecule has 0 spiro atoms. The van der Waals surface area contributed by atoms with Crippen LogP contribution in [-0.2, 0) is 14.4 Å². The van der Waals surface area contributed by atoms with Gasteiger partial charge in [-0.05, 0) is 5.41 Å². The lowest BCUT2D eigenvalue weighted by Crippen LogP contribution is -2.53. The molecule has 2 atom stereocenters. The SMILES string of the molecule is CC(C)(C)[C@@H](N)C(=O)N[C@@H](CC(N)=O)C(=O)O. The van der Waals surface area contributed by atoms with E-state index in [4.69, 9.17) is 16.6 Å². The number of hydrogen-bond donors (Lipinski definition) is 4. The van der Waals surface area contributed by atoms with Crippen molar-refractivity contribution in [3.8, 4) is 0 Å². The van der Waals surface area contributed by atoms with E-state index in [0.29, 0.717) is 0 Å². The number of carbonyl (C=O) groups excluding carboxylic acids is 2. The van der Waals surface area contributed by atoms with Crippen LogP contribution in [0.2, 0.25) is 0 Å². The zero-order valence-corrected chi connectivity index (χ0v) is 10.2. The second-order valence-electron chi connectivity index (χ2n) is 4.91. The van der Waals surface area contributed by atoms with E-state index < -0.39 is 41.7 Å². The Hall–Kier alpha value is -1.63. The van der Waals surface area contributed by atoms with E-state index >= 15 is 0 Å². The molecule has 0 heterocycles. The van der Waals surface area contributed by atoms with E-state index in [9.17, 15) is 14.4 Å². The lowest BCUT2D eigenvalue weighted by molar-refractivity contribution is -0.143. The molecule has 0 aliphatic carbocycles. The van der Waals surface area contributed by atoms with Crippen molar-refractivity contribution < 1.29 is 19.5 Å². The molecule has 0 aromatic heterocycles. The van der Waals surface area contributed by atoms with Crippen LogP contribution in [0.25, 0.3) is 0 Å². The van der Waals surface area contributed by atoms with Crippen molar-refractivity contribution in [1.82, 2.24) is 5.32 Å². The highest BCUT2D eigenvalue weighted by atomic mass is 16.4. The Morgan fingerprint density at radius 3 is 2.06 bits per heavy atom. The maximum Gasteiger partial charge on any atom is 0.326 e. The zero-order chi connectivity index (χ0) is 13.8. The van der Waals surface area contributed by atoms with Gasteiger partial charge in [0.15, 0.2) is 0 Å². The smallest absolute Gasteiger partial charge is 0.326 e. The first kappa shape index (κ1) is 15.4.